The van der Waals surface area contributed by atoms with Gasteiger partial charge < -0.3 is 15.4 Å². The van der Waals surface area contributed by atoms with E-state index in [2.05, 4.69) is 42.7 Å². The molecule has 144 valence electrons. The molecule has 5 nitrogen and oxygen atoms in total. The van der Waals surface area contributed by atoms with Crippen molar-refractivity contribution in [3.63, 3.8) is 0 Å². The van der Waals surface area contributed by atoms with Crippen molar-refractivity contribution in [3.8, 4) is 6.07 Å². The van der Waals surface area contributed by atoms with E-state index in [0.717, 1.165) is 12.1 Å². The molecule has 0 saturated carbocycles. The summed E-state index contributed by atoms with van der Waals surface area (Å²) in [6.07, 6.45) is 5.11. The van der Waals surface area contributed by atoms with Crippen molar-refractivity contribution in [1.29, 1.82) is 5.26 Å². The van der Waals surface area contributed by atoms with Gasteiger partial charge in [0.05, 0.1) is 11.6 Å². The zero-order valence-corrected chi connectivity index (χ0v) is 16.8. The predicted octanol–water partition coefficient (Wildman–Crippen LogP) is 4.56. The number of allylic oxidation sites excluding steroid dienone is 1. The van der Waals surface area contributed by atoms with Gasteiger partial charge in [0.1, 0.15) is 5.60 Å². The first kappa shape index (κ1) is 19.3. The zero-order valence-electron chi connectivity index (χ0n) is 16.8. The van der Waals surface area contributed by atoms with Crippen LogP contribution in [0.25, 0.3) is 0 Å². The molecule has 3 unspecified atom stereocenters. The third kappa shape index (κ3) is 4.10. The van der Waals surface area contributed by atoms with Crippen LogP contribution in [0.4, 0.5) is 10.5 Å². The summed E-state index contributed by atoms with van der Waals surface area (Å²) in [6.45, 7) is 10.4. The molecule has 0 aromatic heterocycles. The maximum atomic E-state index is 12.1. The summed E-state index contributed by atoms with van der Waals surface area (Å²) in [5, 5.41) is 15.8. The first-order valence-electron chi connectivity index (χ1n) is 9.55. The maximum Gasteiger partial charge on any atom is 0.407 e. The minimum atomic E-state index is -0.506. The molecule has 1 aromatic rings. The number of ether oxygens (including phenoxy) is 1. The molecule has 3 rings (SSSR count). The second-order valence-electron chi connectivity index (χ2n) is 9.23. The lowest BCUT2D eigenvalue weighted by Crippen LogP contribution is -2.51. The smallest absolute Gasteiger partial charge is 0.407 e. The molecule has 0 spiro atoms. The minimum absolute atomic E-state index is 0.177. The predicted molar refractivity (Wildman–Crippen MR) is 107 cm³/mol. The van der Waals surface area contributed by atoms with Gasteiger partial charge in [-0.1, -0.05) is 26.0 Å². The third-order valence-corrected chi connectivity index (χ3v) is 5.42. The minimum Gasteiger partial charge on any atom is -0.444 e. The van der Waals surface area contributed by atoms with E-state index >= 15 is 0 Å². The lowest BCUT2D eigenvalue weighted by Gasteiger charge is -2.45. The van der Waals surface area contributed by atoms with E-state index < -0.39 is 5.60 Å². The molecular weight excluding hydrogens is 338 g/mol. The monoisotopic (exact) mass is 367 g/mol. The molecule has 5 heteroatoms. The van der Waals surface area contributed by atoms with E-state index in [4.69, 9.17) is 4.74 Å². The number of nitrogens with one attached hydrogen (secondary N) is 2. The van der Waals surface area contributed by atoms with Gasteiger partial charge in [0.25, 0.3) is 0 Å². The van der Waals surface area contributed by atoms with Crippen LogP contribution in [0.2, 0.25) is 0 Å². The SMILES string of the molecule is CC(C)(C)OC(=O)NCC(C)(C)C1Nc2ccc(C#N)cc2C2CC=CC21. The molecule has 0 saturated heterocycles. The number of amides is 1. The van der Waals surface area contributed by atoms with E-state index in [9.17, 15) is 10.1 Å². The number of carbonyl (C=O) groups is 1. The van der Waals surface area contributed by atoms with E-state index in [1.165, 1.54) is 5.56 Å². The topological polar surface area (TPSA) is 74.2 Å². The summed E-state index contributed by atoms with van der Waals surface area (Å²) in [4.78, 5) is 12.1. The highest BCUT2D eigenvalue weighted by Crippen LogP contribution is 2.48. The van der Waals surface area contributed by atoms with Crippen molar-refractivity contribution < 1.29 is 9.53 Å². The second-order valence-corrected chi connectivity index (χ2v) is 9.23. The van der Waals surface area contributed by atoms with Crippen molar-refractivity contribution in [3.05, 3.63) is 41.5 Å². The molecule has 27 heavy (non-hydrogen) atoms. The summed E-state index contributed by atoms with van der Waals surface area (Å²) < 4.78 is 5.37. The average molecular weight is 367 g/mol. The highest BCUT2D eigenvalue weighted by Gasteiger charge is 2.44. The number of fused-ring (bicyclic) bond motifs is 3. The lowest BCUT2D eigenvalue weighted by molar-refractivity contribution is 0.0497. The number of nitriles is 1. The highest BCUT2D eigenvalue weighted by molar-refractivity contribution is 5.68. The number of benzene rings is 1. The molecule has 1 amide bonds. The quantitative estimate of drug-likeness (QED) is 0.768. The van der Waals surface area contributed by atoms with Crippen molar-refractivity contribution in [2.24, 2.45) is 11.3 Å². The number of carbonyl (C=O) groups excluding carboxylic acids is 1. The van der Waals surface area contributed by atoms with Gasteiger partial charge in [-0.25, -0.2) is 4.79 Å². The van der Waals surface area contributed by atoms with Crippen LogP contribution < -0.4 is 10.6 Å². The molecule has 3 atom stereocenters. The largest absolute Gasteiger partial charge is 0.444 e. The van der Waals surface area contributed by atoms with E-state index in [1.54, 1.807) is 0 Å². The summed E-state index contributed by atoms with van der Waals surface area (Å²) >= 11 is 0. The number of hydrogen-bond acceptors (Lipinski definition) is 4. The summed E-state index contributed by atoms with van der Waals surface area (Å²) in [5.41, 5.74) is 2.32. The van der Waals surface area contributed by atoms with Crippen molar-refractivity contribution in [2.75, 3.05) is 11.9 Å². The van der Waals surface area contributed by atoms with Crippen LogP contribution in [0.3, 0.4) is 0 Å². The Morgan fingerprint density at radius 2 is 2.07 bits per heavy atom. The number of hydrogen-bond donors (Lipinski definition) is 2. The Bertz CT molecular complexity index is 799. The Balaban J connectivity index is 1.78. The second kappa shape index (κ2) is 6.92. The van der Waals surface area contributed by atoms with Crippen LogP contribution in [-0.2, 0) is 4.74 Å². The Labute approximate surface area is 161 Å². The normalized spacial score (nSPS) is 23.6. The van der Waals surface area contributed by atoms with Gasteiger partial charge >= 0.3 is 6.09 Å². The summed E-state index contributed by atoms with van der Waals surface area (Å²) in [5.74, 6) is 0.710. The zero-order chi connectivity index (χ0) is 19.8. The molecule has 2 N–H and O–H groups in total. The highest BCUT2D eigenvalue weighted by atomic mass is 16.6. The van der Waals surface area contributed by atoms with Crippen LogP contribution in [0.1, 0.15) is 58.1 Å². The van der Waals surface area contributed by atoms with Crippen LogP contribution in [0.5, 0.6) is 0 Å². The maximum absolute atomic E-state index is 12.1. The molecule has 1 aliphatic carbocycles. The van der Waals surface area contributed by atoms with Crippen LogP contribution in [-0.4, -0.2) is 24.3 Å². The first-order valence-corrected chi connectivity index (χ1v) is 9.55. The molecule has 0 bridgehead atoms. The fourth-order valence-corrected chi connectivity index (χ4v) is 4.13. The Kier molecular flexibility index (Phi) is 4.94. The first-order chi connectivity index (χ1) is 12.6. The van der Waals surface area contributed by atoms with E-state index in [-0.39, 0.29) is 17.6 Å². The Morgan fingerprint density at radius 3 is 2.74 bits per heavy atom. The fourth-order valence-electron chi connectivity index (χ4n) is 4.13. The van der Waals surface area contributed by atoms with Gasteiger partial charge in [0.15, 0.2) is 0 Å². The number of nitrogens with zero attached hydrogens (tertiary/aromatic N) is 1. The van der Waals surface area contributed by atoms with Crippen LogP contribution in [0, 0.1) is 22.7 Å². The molecule has 0 radical (unpaired) electrons. The van der Waals surface area contributed by atoms with Crippen molar-refractivity contribution >= 4 is 11.8 Å². The van der Waals surface area contributed by atoms with Crippen molar-refractivity contribution in [2.45, 2.75) is 58.6 Å². The van der Waals surface area contributed by atoms with Crippen LogP contribution >= 0.6 is 0 Å². The molecule has 1 heterocycles. The fraction of sp³-hybridized carbons (Fsp3) is 0.545. The molecular formula is C22H29N3O2. The van der Waals surface area contributed by atoms with Gasteiger partial charge in [-0.15, -0.1) is 0 Å². The number of rotatable bonds is 3. The van der Waals surface area contributed by atoms with Gasteiger partial charge in [-0.3, -0.25) is 0 Å². The van der Waals surface area contributed by atoms with E-state index in [0.29, 0.717) is 23.9 Å². The molecule has 0 fully saturated rings. The summed E-state index contributed by atoms with van der Waals surface area (Å²) in [6, 6.07) is 8.29. The van der Waals surface area contributed by atoms with Crippen molar-refractivity contribution in [1.82, 2.24) is 5.32 Å². The Morgan fingerprint density at radius 1 is 1.33 bits per heavy atom. The summed E-state index contributed by atoms with van der Waals surface area (Å²) in [7, 11) is 0. The van der Waals surface area contributed by atoms with Crippen LogP contribution in [0.15, 0.2) is 30.4 Å². The molecule has 2 aliphatic rings. The van der Waals surface area contributed by atoms with Gasteiger partial charge in [-0.2, -0.15) is 5.26 Å². The third-order valence-electron chi connectivity index (χ3n) is 5.42. The average Bonchev–Trinajstić information content (AvgIpc) is 3.07. The number of alkyl carbamates (subject to hydrolysis) is 1. The standard InChI is InChI=1S/C22H29N3O2/c1-21(2,3)27-20(26)24-13-22(4,5)19-16-8-6-7-15(16)17-11-14(12-23)9-10-18(17)25-19/h6,8-11,15-16,19,25H,7,13H2,1-5H3,(H,24,26). The lowest BCUT2D eigenvalue weighted by atomic mass is 9.69. The Hall–Kier alpha value is -2.48. The van der Waals surface area contributed by atoms with Gasteiger partial charge in [0.2, 0.25) is 0 Å². The van der Waals surface area contributed by atoms with Gasteiger partial charge in [-0.05, 0) is 56.9 Å². The van der Waals surface area contributed by atoms with E-state index in [1.807, 2.05) is 39.0 Å². The molecule has 1 aliphatic heterocycles. The van der Waals surface area contributed by atoms with Gasteiger partial charge in [0, 0.05) is 29.6 Å². The molecule has 1 aromatic carbocycles. The number of anilines is 1.